The summed E-state index contributed by atoms with van der Waals surface area (Å²) in [5.74, 6) is 0.952. The van der Waals surface area contributed by atoms with Crippen LogP contribution in [0.15, 0.2) is 36.7 Å². The summed E-state index contributed by atoms with van der Waals surface area (Å²) in [6, 6.07) is 10.8. The molecule has 0 unspecified atom stereocenters. The zero-order chi connectivity index (χ0) is 14.1. The summed E-state index contributed by atoms with van der Waals surface area (Å²) in [5.41, 5.74) is 2.74. The minimum Gasteiger partial charge on any atom is -0.492 e. The predicted octanol–water partition coefficient (Wildman–Crippen LogP) is 2.66. The van der Waals surface area contributed by atoms with Gasteiger partial charge in [0.1, 0.15) is 12.4 Å². The number of hydrogen-bond donors (Lipinski definition) is 0. The number of fused-ring (bicyclic) bond motifs is 1. The molecule has 4 nitrogen and oxygen atoms in total. The summed E-state index contributed by atoms with van der Waals surface area (Å²) in [6.45, 7) is 3.78. The average Bonchev–Trinajstić information content (AvgIpc) is 3.28. The number of rotatable bonds is 5. The molecule has 0 amide bonds. The molecule has 2 heterocycles. The fourth-order valence-electron chi connectivity index (χ4n) is 3.05. The van der Waals surface area contributed by atoms with Crippen LogP contribution in [0.5, 0.6) is 5.75 Å². The highest BCUT2D eigenvalue weighted by molar-refractivity contribution is 5.21. The monoisotopic (exact) mass is 283 g/mol. The van der Waals surface area contributed by atoms with Crippen LogP contribution in [0.3, 0.4) is 0 Å². The molecule has 4 rings (SSSR count). The topological polar surface area (TPSA) is 30.3 Å². The molecule has 0 radical (unpaired) electrons. The van der Waals surface area contributed by atoms with Crippen LogP contribution in [0.4, 0.5) is 0 Å². The number of imidazole rings is 1. The zero-order valence-electron chi connectivity index (χ0n) is 12.2. The summed E-state index contributed by atoms with van der Waals surface area (Å²) >= 11 is 0. The van der Waals surface area contributed by atoms with Crippen molar-refractivity contribution in [2.75, 3.05) is 19.7 Å². The number of benzene rings is 1. The quantitative estimate of drug-likeness (QED) is 0.845. The second kappa shape index (κ2) is 5.53. The lowest BCUT2D eigenvalue weighted by Crippen LogP contribution is -2.34. The fraction of sp³-hybridized carbons (Fsp3) is 0.471. The van der Waals surface area contributed by atoms with Gasteiger partial charge in [0.15, 0.2) is 0 Å². The number of nitrogens with zero attached hydrogens (tertiary/aromatic N) is 3. The van der Waals surface area contributed by atoms with E-state index in [2.05, 4.69) is 14.5 Å². The predicted molar refractivity (Wildman–Crippen MR) is 81.4 cm³/mol. The van der Waals surface area contributed by atoms with Crippen molar-refractivity contribution in [1.29, 1.82) is 0 Å². The highest BCUT2D eigenvalue weighted by atomic mass is 16.5. The van der Waals surface area contributed by atoms with Crippen molar-refractivity contribution in [3.63, 3.8) is 0 Å². The van der Waals surface area contributed by atoms with Crippen molar-refractivity contribution >= 4 is 0 Å². The lowest BCUT2D eigenvalue weighted by molar-refractivity contribution is 0.193. The standard InChI is InChI=1S/C17H21N3O/c1-2-4-15(5-3-1)21-11-10-19-9-8-17-16(12-19)18-13-20(17)14-6-7-14/h1-5,13-14H,6-12H2. The zero-order valence-corrected chi connectivity index (χ0v) is 12.2. The van der Waals surface area contributed by atoms with Crippen LogP contribution in [0.25, 0.3) is 0 Å². The molecule has 4 heteroatoms. The first-order valence-electron chi connectivity index (χ1n) is 7.85. The van der Waals surface area contributed by atoms with Crippen LogP contribution in [-0.2, 0) is 13.0 Å². The van der Waals surface area contributed by atoms with Crippen LogP contribution in [0.1, 0.15) is 30.3 Å². The van der Waals surface area contributed by atoms with Gasteiger partial charge in [-0.25, -0.2) is 4.98 Å². The Balaban J connectivity index is 1.31. The normalized spacial score (nSPS) is 18.5. The van der Waals surface area contributed by atoms with Gasteiger partial charge in [-0.2, -0.15) is 0 Å². The number of hydrogen-bond acceptors (Lipinski definition) is 3. The van der Waals surface area contributed by atoms with Crippen LogP contribution in [0, 0.1) is 0 Å². The maximum atomic E-state index is 5.78. The highest BCUT2D eigenvalue weighted by Crippen LogP contribution is 2.37. The van der Waals surface area contributed by atoms with Gasteiger partial charge < -0.3 is 9.30 Å². The Morgan fingerprint density at radius 2 is 2.05 bits per heavy atom. The second-order valence-electron chi connectivity index (χ2n) is 5.96. The molecule has 1 fully saturated rings. The maximum absolute atomic E-state index is 5.78. The Bertz CT molecular complexity index is 604. The molecular formula is C17H21N3O. The highest BCUT2D eigenvalue weighted by Gasteiger charge is 2.29. The fourth-order valence-corrected chi connectivity index (χ4v) is 3.05. The molecule has 0 bridgehead atoms. The average molecular weight is 283 g/mol. The Morgan fingerprint density at radius 1 is 1.19 bits per heavy atom. The van der Waals surface area contributed by atoms with Crippen molar-refractivity contribution in [3.8, 4) is 5.75 Å². The summed E-state index contributed by atoms with van der Waals surface area (Å²) in [6.07, 6.45) is 5.83. The summed E-state index contributed by atoms with van der Waals surface area (Å²) in [7, 11) is 0. The van der Waals surface area contributed by atoms with E-state index in [9.17, 15) is 0 Å². The first-order valence-corrected chi connectivity index (χ1v) is 7.85. The Morgan fingerprint density at radius 3 is 2.86 bits per heavy atom. The molecule has 1 saturated carbocycles. The number of aromatic nitrogens is 2. The van der Waals surface area contributed by atoms with Gasteiger partial charge in [0.05, 0.1) is 12.0 Å². The Kier molecular flexibility index (Phi) is 3.39. The smallest absolute Gasteiger partial charge is 0.119 e. The van der Waals surface area contributed by atoms with Crippen molar-refractivity contribution in [2.24, 2.45) is 0 Å². The van der Waals surface area contributed by atoms with Crippen LogP contribution >= 0.6 is 0 Å². The van der Waals surface area contributed by atoms with Gasteiger partial charge >= 0.3 is 0 Å². The molecule has 1 aliphatic carbocycles. The Labute approximate surface area is 125 Å². The molecule has 1 aromatic carbocycles. The molecule has 21 heavy (non-hydrogen) atoms. The van der Waals surface area contributed by atoms with Crippen molar-refractivity contribution in [3.05, 3.63) is 48.0 Å². The van der Waals surface area contributed by atoms with Crippen molar-refractivity contribution in [1.82, 2.24) is 14.5 Å². The molecule has 0 spiro atoms. The molecule has 2 aliphatic rings. The third-order valence-electron chi connectivity index (χ3n) is 4.38. The van der Waals surface area contributed by atoms with Gasteiger partial charge in [-0.1, -0.05) is 18.2 Å². The van der Waals surface area contributed by atoms with E-state index < -0.39 is 0 Å². The van der Waals surface area contributed by atoms with E-state index in [1.807, 2.05) is 36.7 Å². The van der Waals surface area contributed by atoms with Gasteiger partial charge in [0.2, 0.25) is 0 Å². The molecule has 1 aromatic heterocycles. The summed E-state index contributed by atoms with van der Waals surface area (Å²) in [5, 5.41) is 0. The molecule has 0 N–H and O–H groups in total. The third-order valence-corrected chi connectivity index (χ3v) is 4.38. The molecule has 1 aliphatic heterocycles. The SMILES string of the molecule is c1ccc(OCCN2CCc3c(ncn3C3CC3)C2)cc1. The van der Waals surface area contributed by atoms with Crippen LogP contribution in [-0.4, -0.2) is 34.1 Å². The third kappa shape index (κ3) is 2.81. The largest absolute Gasteiger partial charge is 0.492 e. The molecular weight excluding hydrogens is 262 g/mol. The van der Waals surface area contributed by atoms with Gasteiger partial charge in [-0.15, -0.1) is 0 Å². The molecule has 2 aromatic rings. The molecule has 0 atom stereocenters. The Hall–Kier alpha value is -1.81. The van der Waals surface area contributed by atoms with Gasteiger partial charge in [-0.3, -0.25) is 4.90 Å². The van der Waals surface area contributed by atoms with Crippen molar-refractivity contribution < 1.29 is 4.74 Å². The van der Waals surface area contributed by atoms with Gasteiger partial charge in [0.25, 0.3) is 0 Å². The van der Waals surface area contributed by atoms with E-state index in [1.54, 1.807) is 0 Å². The van der Waals surface area contributed by atoms with E-state index >= 15 is 0 Å². The lowest BCUT2D eigenvalue weighted by atomic mass is 10.1. The van der Waals surface area contributed by atoms with Crippen LogP contribution < -0.4 is 4.74 Å². The second-order valence-corrected chi connectivity index (χ2v) is 5.96. The van der Waals surface area contributed by atoms with E-state index in [4.69, 9.17) is 4.74 Å². The van der Waals surface area contributed by atoms with Crippen molar-refractivity contribution in [2.45, 2.75) is 31.8 Å². The van der Waals surface area contributed by atoms with E-state index in [0.29, 0.717) is 0 Å². The molecule has 0 saturated heterocycles. The van der Waals surface area contributed by atoms with Gasteiger partial charge in [0, 0.05) is 37.8 Å². The minimum absolute atomic E-state index is 0.739. The minimum atomic E-state index is 0.739. The first kappa shape index (κ1) is 12.9. The van der Waals surface area contributed by atoms with E-state index in [1.165, 1.54) is 24.2 Å². The van der Waals surface area contributed by atoms with Crippen LogP contribution in [0.2, 0.25) is 0 Å². The number of ether oxygens (including phenoxy) is 1. The lowest BCUT2D eigenvalue weighted by Gasteiger charge is -2.26. The summed E-state index contributed by atoms with van der Waals surface area (Å²) in [4.78, 5) is 7.05. The van der Waals surface area contributed by atoms with Gasteiger partial charge in [-0.05, 0) is 25.0 Å². The summed E-state index contributed by atoms with van der Waals surface area (Å²) < 4.78 is 8.19. The van der Waals surface area contributed by atoms with E-state index in [0.717, 1.165) is 44.5 Å². The van der Waals surface area contributed by atoms with E-state index in [-0.39, 0.29) is 0 Å². The maximum Gasteiger partial charge on any atom is 0.119 e. The molecule has 110 valence electrons. The first-order chi connectivity index (χ1) is 10.4. The number of para-hydroxylation sites is 1.